The Labute approximate surface area is 138 Å². The Hall–Kier alpha value is 0.540. The molecule has 0 spiro atoms. The van der Waals surface area contributed by atoms with Gasteiger partial charge in [-0.2, -0.15) is 0 Å². The van der Waals surface area contributed by atoms with Crippen molar-refractivity contribution < 1.29 is 14.7 Å². The molecule has 1 aliphatic rings. The monoisotopic (exact) mass is 461 g/mol. The Bertz CT molecular complexity index is 379. The van der Waals surface area contributed by atoms with E-state index in [0.717, 1.165) is 6.42 Å². The van der Waals surface area contributed by atoms with Gasteiger partial charge in [0.2, 0.25) is 5.91 Å². The molecule has 0 saturated heterocycles. The molecule has 0 heterocycles. The van der Waals surface area contributed by atoms with Gasteiger partial charge < -0.3 is 10.4 Å². The summed E-state index contributed by atoms with van der Waals surface area (Å²) in [7, 11) is 0. The van der Waals surface area contributed by atoms with Crippen LogP contribution >= 0.6 is 47.8 Å². The molecule has 0 bridgehead atoms. The molecule has 1 saturated carbocycles. The molecule has 0 aromatic heterocycles. The van der Waals surface area contributed by atoms with Gasteiger partial charge in [-0.3, -0.25) is 9.59 Å². The van der Waals surface area contributed by atoms with E-state index < -0.39 is 8.37 Å². The van der Waals surface area contributed by atoms with Crippen LogP contribution in [0.15, 0.2) is 0 Å². The molecule has 0 aromatic carbocycles. The molecule has 0 aliphatic heterocycles. The van der Waals surface area contributed by atoms with E-state index >= 15 is 0 Å². The van der Waals surface area contributed by atoms with E-state index in [9.17, 15) is 14.7 Å². The van der Waals surface area contributed by atoms with Crippen LogP contribution in [0.3, 0.4) is 0 Å². The Morgan fingerprint density at radius 2 is 1.95 bits per heavy atom. The topological polar surface area (TPSA) is 66.4 Å². The fraction of sp³-hybridized carbons (Fsp3) is 0.833. The largest absolute Gasteiger partial charge is 0.370 e. The Morgan fingerprint density at radius 3 is 2.32 bits per heavy atom. The summed E-state index contributed by atoms with van der Waals surface area (Å²) < 4.78 is -0.931. The fourth-order valence-electron chi connectivity index (χ4n) is 2.57. The minimum Gasteiger partial charge on any atom is -0.370 e. The van der Waals surface area contributed by atoms with Gasteiger partial charge in [0, 0.05) is 12.3 Å². The predicted molar refractivity (Wildman–Crippen MR) is 84.3 cm³/mol. The minimum absolute atomic E-state index is 0.0397. The molecule has 0 aromatic rings. The minimum atomic E-state index is -1.09. The van der Waals surface area contributed by atoms with Crippen LogP contribution in [0, 0.1) is 17.3 Å². The van der Waals surface area contributed by atoms with Crippen molar-refractivity contribution in [3.05, 3.63) is 0 Å². The number of nitrogens with one attached hydrogen (secondary N) is 1. The SMILES string of the molecule is CC(=O)[C@@H]1C[C@H](CC(=O)N[C@H](O)C(Br)(Br)Br)C1(C)C. The maximum Gasteiger partial charge on any atom is 0.222 e. The first kappa shape index (κ1) is 17.6. The van der Waals surface area contributed by atoms with Crippen molar-refractivity contribution >= 4 is 59.5 Å². The van der Waals surface area contributed by atoms with Crippen LogP contribution < -0.4 is 5.32 Å². The zero-order chi connectivity index (χ0) is 15.0. The second-order valence-electron chi connectivity index (χ2n) is 5.63. The van der Waals surface area contributed by atoms with Gasteiger partial charge in [0.15, 0.2) is 8.37 Å². The zero-order valence-corrected chi connectivity index (χ0v) is 15.8. The number of halogens is 3. The predicted octanol–water partition coefficient (Wildman–Crippen LogP) is 2.90. The highest BCUT2D eigenvalue weighted by molar-refractivity contribution is 9.39. The van der Waals surface area contributed by atoms with E-state index in [4.69, 9.17) is 0 Å². The molecular weight excluding hydrogens is 446 g/mol. The molecule has 3 atom stereocenters. The van der Waals surface area contributed by atoms with E-state index in [2.05, 4.69) is 53.1 Å². The van der Waals surface area contributed by atoms with E-state index in [-0.39, 0.29) is 28.9 Å². The fourth-order valence-corrected chi connectivity index (χ4v) is 2.91. The number of aliphatic hydroxyl groups excluding tert-OH is 1. The molecule has 1 rings (SSSR count). The first-order valence-electron chi connectivity index (χ1n) is 6.01. The molecule has 0 radical (unpaired) electrons. The average Bonchev–Trinajstić information content (AvgIpc) is 2.21. The second-order valence-corrected chi connectivity index (χ2v) is 12.6. The number of aliphatic hydroxyl groups is 1. The summed E-state index contributed by atoms with van der Waals surface area (Å²) in [5.41, 5.74) is -0.150. The molecule has 110 valence electrons. The van der Waals surface area contributed by atoms with Gasteiger partial charge in [0.25, 0.3) is 0 Å². The summed E-state index contributed by atoms with van der Waals surface area (Å²) in [6.07, 6.45) is -0.0306. The van der Waals surface area contributed by atoms with Crippen LogP contribution in [0.1, 0.15) is 33.6 Å². The highest BCUT2D eigenvalue weighted by Gasteiger charge is 2.50. The maximum absolute atomic E-state index is 11.8. The van der Waals surface area contributed by atoms with Gasteiger partial charge in [-0.25, -0.2) is 0 Å². The third kappa shape index (κ3) is 4.25. The average molecular weight is 464 g/mol. The molecule has 4 nitrogen and oxygen atoms in total. The van der Waals surface area contributed by atoms with Gasteiger partial charge in [-0.15, -0.1) is 0 Å². The quantitative estimate of drug-likeness (QED) is 0.497. The molecule has 1 aliphatic carbocycles. The number of amides is 1. The van der Waals surface area contributed by atoms with Crippen molar-refractivity contribution in [2.45, 2.75) is 42.0 Å². The Balaban J connectivity index is 2.50. The van der Waals surface area contributed by atoms with Crippen molar-refractivity contribution in [3.8, 4) is 0 Å². The molecule has 1 fully saturated rings. The third-order valence-electron chi connectivity index (χ3n) is 4.00. The number of hydrogen-bond acceptors (Lipinski definition) is 3. The highest BCUT2D eigenvalue weighted by atomic mass is 80.0. The molecule has 0 unspecified atom stereocenters. The van der Waals surface area contributed by atoms with Gasteiger partial charge in [0.1, 0.15) is 5.78 Å². The lowest BCUT2D eigenvalue weighted by atomic mass is 9.52. The molecular formula is C12H18Br3NO3. The van der Waals surface area contributed by atoms with Crippen molar-refractivity contribution in [2.24, 2.45) is 17.3 Å². The zero-order valence-electron chi connectivity index (χ0n) is 11.0. The third-order valence-corrected chi connectivity index (χ3v) is 5.30. The maximum atomic E-state index is 11.8. The summed E-state index contributed by atoms with van der Waals surface area (Å²) in [6.45, 7) is 5.63. The van der Waals surface area contributed by atoms with Gasteiger partial charge in [-0.1, -0.05) is 61.6 Å². The van der Waals surface area contributed by atoms with Crippen molar-refractivity contribution in [1.82, 2.24) is 5.32 Å². The number of rotatable bonds is 4. The lowest BCUT2D eigenvalue weighted by Crippen LogP contribution is -2.51. The van der Waals surface area contributed by atoms with Crippen LogP contribution in [0.2, 0.25) is 0 Å². The van der Waals surface area contributed by atoms with Crippen molar-refractivity contribution in [2.75, 3.05) is 0 Å². The number of ketones is 1. The molecule has 1 amide bonds. The number of hydrogen-bond donors (Lipinski definition) is 2. The molecule has 19 heavy (non-hydrogen) atoms. The van der Waals surface area contributed by atoms with E-state index in [1.54, 1.807) is 6.92 Å². The van der Waals surface area contributed by atoms with Crippen molar-refractivity contribution in [3.63, 3.8) is 0 Å². The lowest BCUT2D eigenvalue weighted by molar-refractivity contribution is -0.141. The summed E-state index contributed by atoms with van der Waals surface area (Å²) >= 11 is 9.43. The highest BCUT2D eigenvalue weighted by Crippen LogP contribution is 2.53. The lowest BCUT2D eigenvalue weighted by Gasteiger charge is -2.51. The Kier molecular flexibility index (Phi) is 5.66. The first-order chi connectivity index (χ1) is 8.46. The molecule has 7 heteroatoms. The van der Waals surface area contributed by atoms with Crippen LogP contribution in [0.4, 0.5) is 0 Å². The smallest absolute Gasteiger partial charge is 0.222 e. The Morgan fingerprint density at radius 1 is 1.42 bits per heavy atom. The number of Topliss-reactive ketones (excluding diaryl/α,β-unsaturated/α-hetero) is 1. The normalized spacial score (nSPS) is 27.3. The van der Waals surface area contributed by atoms with Crippen LogP contribution in [0.5, 0.6) is 0 Å². The molecule has 2 N–H and O–H groups in total. The van der Waals surface area contributed by atoms with Crippen LogP contribution in [-0.4, -0.2) is 25.2 Å². The van der Waals surface area contributed by atoms with Gasteiger partial charge >= 0.3 is 0 Å². The summed E-state index contributed by atoms with van der Waals surface area (Å²) in [5.74, 6) is 0.166. The van der Waals surface area contributed by atoms with Crippen LogP contribution in [0.25, 0.3) is 0 Å². The summed E-state index contributed by atoms with van der Waals surface area (Å²) in [6, 6.07) is 0. The summed E-state index contributed by atoms with van der Waals surface area (Å²) in [5, 5.41) is 12.2. The van der Waals surface area contributed by atoms with Crippen molar-refractivity contribution in [1.29, 1.82) is 0 Å². The summed E-state index contributed by atoms with van der Waals surface area (Å²) in [4.78, 5) is 23.3. The van der Waals surface area contributed by atoms with E-state index in [0.29, 0.717) is 6.42 Å². The van der Waals surface area contributed by atoms with Gasteiger partial charge in [-0.05, 0) is 24.7 Å². The van der Waals surface area contributed by atoms with E-state index in [1.165, 1.54) is 0 Å². The number of carbonyl (C=O) groups excluding carboxylic acids is 2. The standard InChI is InChI=1S/C12H18Br3NO3/c1-6(17)8-4-7(11(8,2)3)5-9(18)16-10(19)12(13,14)15/h7-8,10,19H,4-5H2,1-3H3,(H,16,18)/t7-,8+,10-/m1/s1. The number of alkyl halides is 3. The number of carbonyl (C=O) groups is 2. The van der Waals surface area contributed by atoms with Crippen LogP contribution in [-0.2, 0) is 9.59 Å². The first-order valence-corrected chi connectivity index (χ1v) is 8.38. The second kappa shape index (κ2) is 6.12. The van der Waals surface area contributed by atoms with Gasteiger partial charge in [0.05, 0.1) is 0 Å². The van der Waals surface area contributed by atoms with E-state index in [1.807, 2.05) is 13.8 Å².